The summed E-state index contributed by atoms with van der Waals surface area (Å²) in [6.45, 7) is 3.44. The molecule has 1 amide bonds. The van der Waals surface area contributed by atoms with Crippen molar-refractivity contribution in [1.82, 2.24) is 5.32 Å². The first kappa shape index (κ1) is 13.1. The van der Waals surface area contributed by atoms with Gasteiger partial charge in [-0.25, -0.2) is 0 Å². The van der Waals surface area contributed by atoms with Gasteiger partial charge in [-0.1, -0.05) is 6.07 Å². The molecule has 1 aromatic carbocycles. The highest BCUT2D eigenvalue weighted by Crippen LogP contribution is 2.18. The van der Waals surface area contributed by atoms with Gasteiger partial charge in [0.1, 0.15) is 0 Å². The van der Waals surface area contributed by atoms with Gasteiger partial charge < -0.3 is 10.6 Å². The molecule has 0 aromatic heterocycles. The van der Waals surface area contributed by atoms with Crippen molar-refractivity contribution >= 4 is 17.3 Å². The van der Waals surface area contributed by atoms with Crippen molar-refractivity contribution in [1.29, 1.82) is 0 Å². The van der Waals surface area contributed by atoms with Crippen molar-refractivity contribution in [3.05, 3.63) is 34.4 Å². The summed E-state index contributed by atoms with van der Waals surface area (Å²) in [5.41, 5.74) is -0.373. The monoisotopic (exact) mass is 237 g/mol. The third-order valence-electron chi connectivity index (χ3n) is 2.51. The molecule has 0 aliphatic heterocycles. The number of anilines is 1. The van der Waals surface area contributed by atoms with Crippen LogP contribution in [0.25, 0.3) is 0 Å². The number of nitrogens with zero attached hydrogens (tertiary/aromatic N) is 1. The fraction of sp³-hybridized carbons (Fsp3) is 0.364. The van der Waals surface area contributed by atoms with Crippen LogP contribution < -0.4 is 10.6 Å². The summed E-state index contributed by atoms with van der Waals surface area (Å²) in [6.07, 6.45) is 0. The molecule has 0 spiro atoms. The molecule has 0 unspecified atom stereocenters. The third kappa shape index (κ3) is 3.25. The number of amides is 1. The lowest BCUT2D eigenvalue weighted by Crippen LogP contribution is -2.47. The number of nitro benzene ring substituents is 1. The molecule has 0 heterocycles. The minimum absolute atomic E-state index is 0.0509. The fourth-order valence-electron chi connectivity index (χ4n) is 1.10. The summed E-state index contributed by atoms with van der Waals surface area (Å²) < 4.78 is 0. The number of carbonyl (C=O) groups excluding carboxylic acids is 1. The summed E-state index contributed by atoms with van der Waals surface area (Å²) in [5.74, 6) is -0.250. The SMILES string of the molecule is CNC(C)(C)C(=O)Nc1cccc([N+](=O)[O-])c1. The molecule has 0 fully saturated rings. The van der Waals surface area contributed by atoms with Gasteiger partial charge >= 0.3 is 0 Å². The molecule has 0 radical (unpaired) electrons. The Morgan fingerprint density at radius 1 is 1.41 bits per heavy atom. The highest BCUT2D eigenvalue weighted by Gasteiger charge is 2.25. The van der Waals surface area contributed by atoms with Crippen molar-refractivity contribution in [3.63, 3.8) is 0 Å². The topological polar surface area (TPSA) is 84.3 Å². The molecule has 0 bridgehead atoms. The summed E-state index contributed by atoms with van der Waals surface area (Å²) in [7, 11) is 1.67. The number of hydrogen-bond acceptors (Lipinski definition) is 4. The van der Waals surface area contributed by atoms with Crippen LogP contribution in [0.4, 0.5) is 11.4 Å². The van der Waals surface area contributed by atoms with E-state index in [-0.39, 0.29) is 11.6 Å². The van der Waals surface area contributed by atoms with E-state index in [0.717, 1.165) is 0 Å². The van der Waals surface area contributed by atoms with E-state index in [9.17, 15) is 14.9 Å². The quantitative estimate of drug-likeness (QED) is 0.614. The molecule has 0 saturated heterocycles. The van der Waals surface area contributed by atoms with Crippen LogP contribution in [0.1, 0.15) is 13.8 Å². The van der Waals surface area contributed by atoms with Gasteiger partial charge in [0.05, 0.1) is 10.5 Å². The van der Waals surface area contributed by atoms with Crippen LogP contribution in [-0.4, -0.2) is 23.4 Å². The lowest BCUT2D eigenvalue weighted by molar-refractivity contribution is -0.384. The molecule has 0 aliphatic carbocycles. The number of likely N-dealkylation sites (N-methyl/N-ethyl adjacent to an activating group) is 1. The molecule has 6 nitrogen and oxygen atoms in total. The van der Waals surface area contributed by atoms with Crippen LogP contribution in [0, 0.1) is 10.1 Å². The van der Waals surface area contributed by atoms with Crippen molar-refractivity contribution in [2.45, 2.75) is 19.4 Å². The number of benzene rings is 1. The molecule has 0 atom stereocenters. The largest absolute Gasteiger partial charge is 0.324 e. The highest BCUT2D eigenvalue weighted by atomic mass is 16.6. The summed E-state index contributed by atoms with van der Waals surface area (Å²) in [4.78, 5) is 21.9. The Balaban J connectivity index is 2.86. The predicted octanol–water partition coefficient (Wildman–Crippen LogP) is 1.53. The maximum absolute atomic E-state index is 11.8. The highest BCUT2D eigenvalue weighted by molar-refractivity contribution is 5.97. The number of non-ortho nitro benzene ring substituents is 1. The number of rotatable bonds is 4. The second-order valence-electron chi connectivity index (χ2n) is 4.14. The van der Waals surface area contributed by atoms with E-state index in [4.69, 9.17) is 0 Å². The van der Waals surface area contributed by atoms with E-state index in [2.05, 4.69) is 10.6 Å². The number of hydrogen-bond donors (Lipinski definition) is 2. The molecule has 6 heteroatoms. The van der Waals surface area contributed by atoms with Crippen LogP contribution in [0.3, 0.4) is 0 Å². The minimum Gasteiger partial charge on any atom is -0.324 e. The van der Waals surface area contributed by atoms with Gasteiger partial charge in [-0.15, -0.1) is 0 Å². The smallest absolute Gasteiger partial charge is 0.271 e. The number of carbonyl (C=O) groups is 1. The standard InChI is InChI=1S/C11H15N3O3/c1-11(2,12-3)10(15)13-8-5-4-6-9(7-8)14(16)17/h4-7,12H,1-3H3,(H,13,15). The Bertz CT molecular complexity index is 443. The normalized spacial score (nSPS) is 11.0. The minimum atomic E-state index is -0.732. The number of nitrogens with one attached hydrogen (secondary N) is 2. The van der Waals surface area contributed by atoms with Gasteiger partial charge in [0.15, 0.2) is 0 Å². The maximum atomic E-state index is 11.8. The molecule has 17 heavy (non-hydrogen) atoms. The summed E-state index contributed by atoms with van der Waals surface area (Å²) >= 11 is 0. The zero-order valence-electron chi connectivity index (χ0n) is 9.98. The Kier molecular flexibility index (Phi) is 3.80. The second-order valence-corrected chi connectivity index (χ2v) is 4.14. The molecule has 0 aliphatic rings. The Morgan fingerprint density at radius 3 is 2.59 bits per heavy atom. The van der Waals surface area contributed by atoms with E-state index < -0.39 is 10.5 Å². The van der Waals surface area contributed by atoms with Gasteiger partial charge in [-0.05, 0) is 27.0 Å². The lowest BCUT2D eigenvalue weighted by Gasteiger charge is -2.22. The predicted molar refractivity (Wildman–Crippen MR) is 64.9 cm³/mol. The van der Waals surface area contributed by atoms with E-state index in [1.807, 2.05) is 0 Å². The zero-order valence-corrected chi connectivity index (χ0v) is 9.98. The van der Waals surface area contributed by atoms with Gasteiger partial charge in [-0.3, -0.25) is 14.9 Å². The van der Waals surface area contributed by atoms with Gasteiger partial charge in [0.2, 0.25) is 5.91 Å². The molecule has 1 aromatic rings. The molecule has 2 N–H and O–H groups in total. The van der Waals surface area contributed by atoms with Crippen molar-refractivity contribution in [3.8, 4) is 0 Å². The van der Waals surface area contributed by atoms with Gasteiger partial charge in [0, 0.05) is 17.8 Å². The second kappa shape index (κ2) is 4.92. The van der Waals surface area contributed by atoms with E-state index in [1.54, 1.807) is 27.0 Å². The van der Waals surface area contributed by atoms with Crippen molar-refractivity contribution in [2.75, 3.05) is 12.4 Å². The molecule has 92 valence electrons. The zero-order chi connectivity index (χ0) is 13.1. The number of nitro groups is 1. The molecule has 0 saturated carbocycles. The van der Waals surface area contributed by atoms with E-state index >= 15 is 0 Å². The van der Waals surface area contributed by atoms with E-state index in [1.165, 1.54) is 18.2 Å². The summed E-state index contributed by atoms with van der Waals surface area (Å²) in [5, 5.41) is 16.0. The van der Waals surface area contributed by atoms with Crippen molar-refractivity contribution < 1.29 is 9.72 Å². The first-order chi connectivity index (χ1) is 7.86. The molecular weight excluding hydrogens is 222 g/mol. The van der Waals surface area contributed by atoms with Crippen LogP contribution in [-0.2, 0) is 4.79 Å². The van der Waals surface area contributed by atoms with Crippen LogP contribution in [0.2, 0.25) is 0 Å². The lowest BCUT2D eigenvalue weighted by atomic mass is 10.1. The Morgan fingerprint density at radius 2 is 2.06 bits per heavy atom. The molecular formula is C11H15N3O3. The van der Waals surface area contributed by atoms with E-state index in [0.29, 0.717) is 5.69 Å². The average Bonchev–Trinajstić information content (AvgIpc) is 2.29. The van der Waals surface area contributed by atoms with Gasteiger partial charge in [-0.2, -0.15) is 0 Å². The first-order valence-electron chi connectivity index (χ1n) is 5.11. The van der Waals surface area contributed by atoms with Gasteiger partial charge in [0.25, 0.3) is 5.69 Å². The first-order valence-corrected chi connectivity index (χ1v) is 5.11. The third-order valence-corrected chi connectivity index (χ3v) is 2.51. The fourth-order valence-corrected chi connectivity index (χ4v) is 1.10. The van der Waals surface area contributed by atoms with Crippen molar-refractivity contribution in [2.24, 2.45) is 0 Å². The van der Waals surface area contributed by atoms with Crippen LogP contribution >= 0.6 is 0 Å². The Hall–Kier alpha value is -1.95. The van der Waals surface area contributed by atoms with Crippen LogP contribution in [0.5, 0.6) is 0 Å². The van der Waals surface area contributed by atoms with Crippen LogP contribution in [0.15, 0.2) is 24.3 Å². The summed E-state index contributed by atoms with van der Waals surface area (Å²) in [6, 6.07) is 5.83. The maximum Gasteiger partial charge on any atom is 0.271 e. The molecule has 1 rings (SSSR count). The Labute approximate surface area is 99.2 Å². The average molecular weight is 237 g/mol.